The SMILES string of the molecule is CC(C)CCC[C@@H](C)[C@H]1CC[C@H]2[C@@H]3CC[C@H]4CC(=O)CC[C@]4(C)C3=CC[C@]12C. The Morgan fingerprint density at radius 1 is 1.07 bits per heavy atom. The number of rotatable bonds is 5. The minimum Gasteiger partial charge on any atom is -0.300 e. The molecule has 0 amide bonds. The fourth-order valence-electron chi connectivity index (χ4n) is 8.34. The number of allylic oxidation sites excluding steroid dienone is 2. The molecule has 0 radical (unpaired) electrons. The largest absolute Gasteiger partial charge is 0.300 e. The Bertz CT molecular complexity index is 630. The first kappa shape index (κ1) is 20.7. The van der Waals surface area contributed by atoms with E-state index in [-0.39, 0.29) is 0 Å². The predicted octanol–water partition coefficient (Wildman–Crippen LogP) is 7.60. The van der Waals surface area contributed by atoms with Crippen LogP contribution in [0, 0.1) is 46.3 Å². The molecule has 0 spiro atoms. The van der Waals surface area contributed by atoms with Gasteiger partial charge in [0.1, 0.15) is 5.78 Å². The Morgan fingerprint density at radius 3 is 2.61 bits per heavy atom. The quantitative estimate of drug-likeness (QED) is 0.446. The normalized spacial score (nSPS) is 43.9. The summed E-state index contributed by atoms with van der Waals surface area (Å²) in [7, 11) is 0. The summed E-state index contributed by atoms with van der Waals surface area (Å²) in [5.41, 5.74) is 2.66. The molecule has 0 aromatic heterocycles. The molecule has 3 saturated carbocycles. The van der Waals surface area contributed by atoms with Gasteiger partial charge in [-0.3, -0.25) is 4.79 Å². The monoisotopic (exact) mass is 384 g/mol. The van der Waals surface area contributed by atoms with Gasteiger partial charge in [0, 0.05) is 12.8 Å². The van der Waals surface area contributed by atoms with Crippen LogP contribution in [-0.2, 0) is 4.79 Å². The van der Waals surface area contributed by atoms with Crippen molar-refractivity contribution in [3.05, 3.63) is 11.6 Å². The van der Waals surface area contributed by atoms with Gasteiger partial charge in [-0.1, -0.05) is 65.5 Å². The third kappa shape index (κ3) is 3.33. The molecule has 1 heteroatoms. The van der Waals surface area contributed by atoms with Crippen LogP contribution in [0.25, 0.3) is 0 Å². The minimum atomic E-state index is 0.332. The molecule has 0 N–H and O–H groups in total. The van der Waals surface area contributed by atoms with Gasteiger partial charge in [0.15, 0.2) is 0 Å². The lowest BCUT2D eigenvalue weighted by atomic mass is 9.48. The fourth-order valence-corrected chi connectivity index (χ4v) is 8.34. The second-order valence-corrected chi connectivity index (χ2v) is 12.0. The lowest BCUT2D eigenvalue weighted by Crippen LogP contribution is -2.48. The molecule has 0 unspecified atom stereocenters. The van der Waals surface area contributed by atoms with E-state index in [0.717, 1.165) is 48.9 Å². The number of carbonyl (C=O) groups is 1. The summed E-state index contributed by atoms with van der Waals surface area (Å²) in [4.78, 5) is 12.1. The van der Waals surface area contributed by atoms with Crippen LogP contribution in [-0.4, -0.2) is 5.78 Å². The van der Waals surface area contributed by atoms with E-state index < -0.39 is 0 Å². The highest BCUT2D eigenvalue weighted by molar-refractivity contribution is 5.80. The van der Waals surface area contributed by atoms with Crippen LogP contribution in [0.5, 0.6) is 0 Å². The van der Waals surface area contributed by atoms with Crippen LogP contribution in [0.4, 0.5) is 0 Å². The molecule has 0 saturated heterocycles. The second kappa shape index (κ2) is 7.59. The molecular weight excluding hydrogens is 340 g/mol. The molecule has 28 heavy (non-hydrogen) atoms. The van der Waals surface area contributed by atoms with Gasteiger partial charge in [0.05, 0.1) is 0 Å². The standard InChI is InChI=1S/C27H44O/c1-18(2)7-6-8-19(3)23-11-12-24-22-10-9-20-17-21(28)13-15-26(20,4)25(22)14-16-27(23,24)5/h14,18-20,22-24H,6-13,15-17H2,1-5H3/t19-,20+,22+,23-,24+,26+,27-/m1/s1. The van der Waals surface area contributed by atoms with Crippen LogP contribution in [0.3, 0.4) is 0 Å². The Labute approximate surface area is 174 Å². The van der Waals surface area contributed by atoms with Crippen molar-refractivity contribution >= 4 is 5.78 Å². The molecule has 0 heterocycles. The summed E-state index contributed by atoms with van der Waals surface area (Å²) in [5, 5.41) is 0. The van der Waals surface area contributed by atoms with Crippen LogP contribution >= 0.6 is 0 Å². The summed E-state index contributed by atoms with van der Waals surface area (Å²) in [5.74, 6) is 5.52. The summed E-state index contributed by atoms with van der Waals surface area (Å²) >= 11 is 0. The number of hydrogen-bond acceptors (Lipinski definition) is 1. The van der Waals surface area contributed by atoms with E-state index in [0.29, 0.717) is 22.5 Å². The van der Waals surface area contributed by atoms with Crippen molar-refractivity contribution in [2.75, 3.05) is 0 Å². The third-order valence-corrected chi connectivity index (χ3v) is 10.0. The zero-order valence-electron chi connectivity index (χ0n) is 19.2. The Morgan fingerprint density at radius 2 is 1.86 bits per heavy atom. The molecule has 0 aromatic rings. The molecule has 0 aromatic carbocycles. The van der Waals surface area contributed by atoms with Crippen LogP contribution in [0.15, 0.2) is 11.6 Å². The minimum absolute atomic E-state index is 0.332. The number of carbonyl (C=O) groups excluding carboxylic acids is 1. The van der Waals surface area contributed by atoms with E-state index in [9.17, 15) is 4.79 Å². The number of fused-ring (bicyclic) bond motifs is 5. The lowest BCUT2D eigenvalue weighted by molar-refractivity contribution is -0.125. The van der Waals surface area contributed by atoms with Gasteiger partial charge in [-0.25, -0.2) is 0 Å². The van der Waals surface area contributed by atoms with Crippen molar-refractivity contribution in [2.45, 2.75) is 105 Å². The molecule has 4 rings (SSSR count). The highest BCUT2D eigenvalue weighted by Crippen LogP contribution is 2.66. The first-order valence-corrected chi connectivity index (χ1v) is 12.5. The zero-order valence-corrected chi connectivity index (χ0v) is 19.2. The van der Waals surface area contributed by atoms with Gasteiger partial charge in [0.25, 0.3) is 0 Å². The fraction of sp³-hybridized carbons (Fsp3) is 0.889. The molecule has 1 nitrogen and oxygen atoms in total. The van der Waals surface area contributed by atoms with E-state index in [1.165, 1.54) is 51.4 Å². The van der Waals surface area contributed by atoms with Crippen LogP contribution in [0.1, 0.15) is 105 Å². The predicted molar refractivity (Wildman–Crippen MR) is 118 cm³/mol. The molecule has 158 valence electrons. The summed E-state index contributed by atoms with van der Waals surface area (Å²) < 4.78 is 0. The molecule has 7 atom stereocenters. The smallest absolute Gasteiger partial charge is 0.133 e. The lowest BCUT2D eigenvalue weighted by Gasteiger charge is -2.56. The van der Waals surface area contributed by atoms with Gasteiger partial charge < -0.3 is 0 Å². The molecular formula is C27H44O. The van der Waals surface area contributed by atoms with Crippen molar-refractivity contribution in [1.82, 2.24) is 0 Å². The van der Waals surface area contributed by atoms with Gasteiger partial charge in [0.2, 0.25) is 0 Å². The van der Waals surface area contributed by atoms with E-state index in [1.807, 2.05) is 0 Å². The Kier molecular flexibility index (Phi) is 5.60. The van der Waals surface area contributed by atoms with E-state index in [1.54, 1.807) is 5.57 Å². The van der Waals surface area contributed by atoms with Crippen molar-refractivity contribution in [1.29, 1.82) is 0 Å². The number of hydrogen-bond donors (Lipinski definition) is 0. The van der Waals surface area contributed by atoms with Crippen LogP contribution < -0.4 is 0 Å². The van der Waals surface area contributed by atoms with E-state index in [2.05, 4.69) is 40.7 Å². The molecule has 4 aliphatic carbocycles. The molecule has 0 bridgehead atoms. The summed E-state index contributed by atoms with van der Waals surface area (Å²) in [6.07, 6.45) is 16.6. The first-order valence-electron chi connectivity index (χ1n) is 12.5. The van der Waals surface area contributed by atoms with Gasteiger partial charge in [-0.2, -0.15) is 0 Å². The maximum Gasteiger partial charge on any atom is 0.133 e. The average molecular weight is 385 g/mol. The third-order valence-electron chi connectivity index (χ3n) is 10.0. The second-order valence-electron chi connectivity index (χ2n) is 12.0. The van der Waals surface area contributed by atoms with Crippen molar-refractivity contribution in [3.63, 3.8) is 0 Å². The molecule has 3 fully saturated rings. The average Bonchev–Trinajstić information content (AvgIpc) is 2.99. The number of ketones is 1. The highest BCUT2D eigenvalue weighted by atomic mass is 16.1. The van der Waals surface area contributed by atoms with Gasteiger partial charge in [-0.15, -0.1) is 0 Å². The highest BCUT2D eigenvalue weighted by Gasteiger charge is 2.57. The van der Waals surface area contributed by atoms with Crippen molar-refractivity contribution < 1.29 is 4.79 Å². The Balaban J connectivity index is 1.52. The maximum absolute atomic E-state index is 12.1. The zero-order chi connectivity index (χ0) is 20.1. The Hall–Kier alpha value is -0.590. The van der Waals surface area contributed by atoms with Crippen molar-refractivity contribution in [2.24, 2.45) is 46.3 Å². The molecule has 0 aliphatic heterocycles. The topological polar surface area (TPSA) is 17.1 Å². The van der Waals surface area contributed by atoms with Gasteiger partial charge in [-0.05, 0) is 84.9 Å². The summed E-state index contributed by atoms with van der Waals surface area (Å²) in [6.45, 7) is 12.5. The first-order chi connectivity index (χ1) is 13.3. The van der Waals surface area contributed by atoms with Gasteiger partial charge >= 0.3 is 0 Å². The van der Waals surface area contributed by atoms with E-state index in [4.69, 9.17) is 0 Å². The van der Waals surface area contributed by atoms with Crippen molar-refractivity contribution in [3.8, 4) is 0 Å². The maximum atomic E-state index is 12.1. The van der Waals surface area contributed by atoms with E-state index >= 15 is 0 Å². The molecule has 4 aliphatic rings. The van der Waals surface area contributed by atoms with Crippen LogP contribution in [0.2, 0.25) is 0 Å². The summed E-state index contributed by atoms with van der Waals surface area (Å²) in [6, 6.07) is 0. The number of Topliss-reactive ketones (excluding diaryl/α,β-unsaturated/α-hetero) is 1.